The average molecular weight is 723 g/mol. The van der Waals surface area contributed by atoms with Crippen LogP contribution in [0.3, 0.4) is 0 Å². The van der Waals surface area contributed by atoms with Crippen LogP contribution in [0.25, 0.3) is 10.8 Å². The first-order chi connectivity index (χ1) is 24.2. The lowest BCUT2D eigenvalue weighted by atomic mass is 9.77. The van der Waals surface area contributed by atoms with Crippen molar-refractivity contribution in [2.45, 2.75) is 96.0 Å². The Bertz CT molecular complexity index is 1810. The lowest BCUT2D eigenvalue weighted by Gasteiger charge is -2.36. The van der Waals surface area contributed by atoms with Crippen LogP contribution < -0.4 is 14.2 Å². The predicted molar refractivity (Wildman–Crippen MR) is 191 cm³/mol. The van der Waals surface area contributed by atoms with Crippen molar-refractivity contribution in [3.8, 4) is 11.6 Å². The zero-order valence-electron chi connectivity index (χ0n) is 30.1. The molecule has 3 heterocycles. The average Bonchev–Trinajstić information content (AvgIpc) is 4.03. The van der Waals surface area contributed by atoms with Crippen molar-refractivity contribution in [3.63, 3.8) is 0 Å². The maximum atomic E-state index is 14.7. The second kappa shape index (κ2) is 14.2. The second-order valence-electron chi connectivity index (χ2n) is 15.8. The number of carbonyl (C=O) groups excluding carboxylic acids is 4. The number of amides is 3. The molecule has 2 aliphatic carbocycles. The Labute approximate surface area is 300 Å². The van der Waals surface area contributed by atoms with Crippen LogP contribution >= 0.6 is 0 Å². The Morgan fingerprint density at radius 1 is 1.12 bits per heavy atom. The standard InChI is InChI=1S/C38H50N4O8S/c1-6-25-21-38(25,36(46)40-51(47,48)28-11-12-28)22-32(43)31-19-27(50-34-29-13-10-26(49-5)18-24(29)14-15-39-34)23-42(31)35(45)30(37(2,3)4)20-33(44)41-16-8-7-9-17-41/h6,10,13-15,18,25,27-28,30-31H,1,7-9,11-12,16-17,19-23H2,2-5H3,(H,40,46)/t25-,27-,30-,31+,38-/m1/s1. The van der Waals surface area contributed by atoms with Gasteiger partial charge >= 0.3 is 0 Å². The second-order valence-corrected chi connectivity index (χ2v) is 17.7. The van der Waals surface area contributed by atoms with Crippen LogP contribution in [0.15, 0.2) is 43.1 Å². The van der Waals surface area contributed by atoms with Crippen LogP contribution in [0.4, 0.5) is 0 Å². The number of ketones is 1. The predicted octanol–water partition coefficient (Wildman–Crippen LogP) is 4.42. The first-order valence-corrected chi connectivity index (χ1v) is 19.6. The van der Waals surface area contributed by atoms with E-state index >= 15 is 0 Å². The van der Waals surface area contributed by atoms with Crippen molar-refractivity contribution < 1.29 is 37.1 Å². The number of aromatic nitrogens is 1. The number of allylic oxidation sites excluding steroid dienone is 1. The quantitative estimate of drug-likeness (QED) is 0.296. The number of benzene rings is 1. The molecule has 4 fully saturated rings. The molecule has 1 aromatic carbocycles. The fourth-order valence-corrected chi connectivity index (χ4v) is 9.04. The highest BCUT2D eigenvalue weighted by Crippen LogP contribution is 2.57. The monoisotopic (exact) mass is 722 g/mol. The number of Topliss-reactive ketones (excluding diaryl/α,β-unsaturated/α-hetero) is 1. The van der Waals surface area contributed by atoms with Crippen LogP contribution in [-0.2, 0) is 29.2 Å². The third-order valence-corrected chi connectivity index (χ3v) is 12.9. The SMILES string of the molecule is C=C[C@@H]1C[C@]1(CC(=O)[C@@H]1C[C@@H](Oc2nccc3cc(OC)ccc23)CN1C(=O)[C@@H](CC(=O)N1CCCCC1)C(C)(C)C)C(=O)NS(=O)(=O)C1CC1. The summed E-state index contributed by atoms with van der Waals surface area (Å²) in [6, 6.07) is 6.41. The van der Waals surface area contributed by atoms with Crippen LogP contribution in [-0.4, -0.2) is 90.8 Å². The minimum atomic E-state index is -3.83. The summed E-state index contributed by atoms with van der Waals surface area (Å²) in [5.74, 6) is -1.53. The van der Waals surface area contributed by atoms with Gasteiger partial charge < -0.3 is 19.3 Å². The normalized spacial score (nSPS) is 25.6. The summed E-state index contributed by atoms with van der Waals surface area (Å²) >= 11 is 0. The number of pyridine rings is 1. The zero-order valence-corrected chi connectivity index (χ0v) is 30.9. The molecule has 4 aliphatic rings. The molecule has 3 amide bonds. The number of rotatable bonds is 13. The largest absolute Gasteiger partial charge is 0.497 e. The van der Waals surface area contributed by atoms with Crippen molar-refractivity contribution in [3.05, 3.63) is 43.1 Å². The van der Waals surface area contributed by atoms with E-state index in [1.165, 1.54) is 4.90 Å². The number of piperidine rings is 1. The molecule has 2 aliphatic heterocycles. The summed E-state index contributed by atoms with van der Waals surface area (Å²) in [6.45, 7) is 11.0. The lowest BCUT2D eigenvalue weighted by Crippen LogP contribution is -2.49. The summed E-state index contributed by atoms with van der Waals surface area (Å²) < 4.78 is 39.5. The Morgan fingerprint density at radius 3 is 2.47 bits per heavy atom. The molecule has 2 saturated heterocycles. The molecule has 2 saturated carbocycles. The molecule has 5 atom stereocenters. The molecular weight excluding hydrogens is 673 g/mol. The number of nitrogens with zero attached hydrogens (tertiary/aromatic N) is 3. The molecule has 1 aromatic heterocycles. The minimum absolute atomic E-state index is 0.0158. The Kier molecular flexibility index (Phi) is 10.2. The first-order valence-electron chi connectivity index (χ1n) is 18.1. The van der Waals surface area contributed by atoms with Crippen molar-refractivity contribution in [1.82, 2.24) is 19.5 Å². The maximum absolute atomic E-state index is 14.7. The van der Waals surface area contributed by atoms with E-state index in [1.807, 2.05) is 43.9 Å². The molecular formula is C38H50N4O8S. The number of carbonyl (C=O) groups is 4. The van der Waals surface area contributed by atoms with Gasteiger partial charge in [0.2, 0.25) is 33.6 Å². The summed E-state index contributed by atoms with van der Waals surface area (Å²) in [5.41, 5.74) is -1.87. The number of sulfonamides is 1. The van der Waals surface area contributed by atoms with Gasteiger partial charge in [-0.2, -0.15) is 0 Å². The third kappa shape index (κ3) is 7.78. The summed E-state index contributed by atoms with van der Waals surface area (Å²) in [5, 5.41) is 0.993. The van der Waals surface area contributed by atoms with Crippen molar-refractivity contribution >= 4 is 44.3 Å². The van der Waals surface area contributed by atoms with E-state index in [1.54, 1.807) is 25.4 Å². The van der Waals surface area contributed by atoms with Crippen molar-refractivity contribution in [1.29, 1.82) is 0 Å². The number of hydrogen-bond donors (Lipinski definition) is 1. The first kappa shape index (κ1) is 36.8. The van der Waals surface area contributed by atoms with Gasteiger partial charge in [-0.15, -0.1) is 6.58 Å². The van der Waals surface area contributed by atoms with Gasteiger partial charge in [0.15, 0.2) is 5.78 Å². The molecule has 6 rings (SSSR count). The van der Waals surface area contributed by atoms with E-state index in [-0.39, 0.29) is 55.7 Å². The number of likely N-dealkylation sites (tertiary alicyclic amines) is 2. The molecule has 13 heteroatoms. The van der Waals surface area contributed by atoms with E-state index < -0.39 is 50.1 Å². The van der Waals surface area contributed by atoms with Crippen LogP contribution in [0, 0.1) is 22.7 Å². The van der Waals surface area contributed by atoms with Crippen molar-refractivity contribution in [2.24, 2.45) is 22.7 Å². The minimum Gasteiger partial charge on any atom is -0.497 e. The molecule has 0 radical (unpaired) electrons. The molecule has 0 spiro atoms. The Balaban J connectivity index is 1.28. The molecule has 51 heavy (non-hydrogen) atoms. The molecule has 0 bridgehead atoms. The number of ether oxygens (including phenoxy) is 2. The van der Waals surface area contributed by atoms with Gasteiger partial charge in [0.05, 0.1) is 36.3 Å². The number of nitrogens with one attached hydrogen (secondary N) is 1. The zero-order chi connectivity index (χ0) is 36.7. The van der Waals surface area contributed by atoms with Gasteiger partial charge in [-0.05, 0) is 79.5 Å². The van der Waals surface area contributed by atoms with Gasteiger partial charge in [-0.3, -0.25) is 23.9 Å². The maximum Gasteiger partial charge on any atom is 0.240 e. The van der Waals surface area contributed by atoms with E-state index in [0.717, 1.165) is 30.0 Å². The Hall–Kier alpha value is -4.00. The molecule has 0 unspecified atom stereocenters. The van der Waals surface area contributed by atoms with Crippen molar-refractivity contribution in [2.75, 3.05) is 26.7 Å². The third-order valence-electron chi connectivity index (χ3n) is 11.1. The highest BCUT2D eigenvalue weighted by molar-refractivity contribution is 7.90. The number of fused-ring (bicyclic) bond motifs is 1. The summed E-state index contributed by atoms with van der Waals surface area (Å²) in [4.78, 5) is 63.9. The topological polar surface area (TPSA) is 152 Å². The highest BCUT2D eigenvalue weighted by atomic mass is 32.2. The van der Waals surface area contributed by atoms with Gasteiger partial charge in [0, 0.05) is 43.9 Å². The molecule has 276 valence electrons. The van der Waals surface area contributed by atoms with Gasteiger partial charge in [-0.25, -0.2) is 13.4 Å². The van der Waals surface area contributed by atoms with Crippen LogP contribution in [0.5, 0.6) is 11.6 Å². The van der Waals surface area contributed by atoms with Gasteiger partial charge in [-0.1, -0.05) is 26.8 Å². The number of methoxy groups -OCH3 is 1. The van der Waals surface area contributed by atoms with E-state index in [9.17, 15) is 27.6 Å². The fraction of sp³-hybridized carbons (Fsp3) is 0.605. The van der Waals surface area contributed by atoms with Crippen LogP contribution in [0.1, 0.15) is 78.6 Å². The van der Waals surface area contributed by atoms with E-state index in [4.69, 9.17) is 9.47 Å². The van der Waals surface area contributed by atoms with Gasteiger partial charge in [0.25, 0.3) is 0 Å². The molecule has 1 N–H and O–H groups in total. The fourth-order valence-electron chi connectivity index (χ4n) is 7.66. The summed E-state index contributed by atoms with van der Waals surface area (Å²) in [6.07, 6.45) is 6.71. The Morgan fingerprint density at radius 2 is 1.84 bits per heavy atom. The highest BCUT2D eigenvalue weighted by Gasteiger charge is 2.61. The van der Waals surface area contributed by atoms with Crippen LogP contribution in [0.2, 0.25) is 0 Å². The summed E-state index contributed by atoms with van der Waals surface area (Å²) in [7, 11) is -2.25. The smallest absolute Gasteiger partial charge is 0.240 e. The van der Waals surface area contributed by atoms with Gasteiger partial charge in [0.1, 0.15) is 11.9 Å². The lowest BCUT2D eigenvalue weighted by molar-refractivity contribution is -0.148. The molecule has 12 nitrogen and oxygen atoms in total. The van der Waals surface area contributed by atoms with E-state index in [2.05, 4.69) is 16.3 Å². The number of hydrogen-bond acceptors (Lipinski definition) is 9. The van der Waals surface area contributed by atoms with E-state index in [0.29, 0.717) is 37.6 Å². The molecule has 2 aromatic rings.